The molecule has 1 aliphatic heterocycles. The lowest BCUT2D eigenvalue weighted by molar-refractivity contribution is 0.158. The van der Waals surface area contributed by atoms with Crippen LogP contribution < -0.4 is 10.6 Å². The van der Waals surface area contributed by atoms with Gasteiger partial charge in [0, 0.05) is 44.5 Å². The minimum atomic E-state index is 0.771. The summed E-state index contributed by atoms with van der Waals surface area (Å²) in [6, 6.07) is 6.80. The van der Waals surface area contributed by atoms with Crippen molar-refractivity contribution in [1.82, 2.24) is 20.5 Å². The molecule has 1 fully saturated rings. The Kier molecular flexibility index (Phi) is 8.60. The highest BCUT2D eigenvalue weighted by Gasteiger charge is 2.16. The van der Waals surface area contributed by atoms with E-state index in [1.807, 2.05) is 25.4 Å². The van der Waals surface area contributed by atoms with Crippen LogP contribution in [0.2, 0.25) is 0 Å². The maximum atomic E-state index is 4.33. The highest BCUT2D eigenvalue weighted by Crippen LogP contribution is 2.16. The van der Waals surface area contributed by atoms with Gasteiger partial charge in [-0.1, -0.05) is 12.5 Å². The Morgan fingerprint density at radius 2 is 2.12 bits per heavy atom. The summed E-state index contributed by atoms with van der Waals surface area (Å²) in [6.07, 6.45) is 9.33. The zero-order valence-corrected chi connectivity index (χ0v) is 15.3. The molecule has 1 aromatic heterocycles. The quantitative estimate of drug-likeness (QED) is 0.436. The van der Waals surface area contributed by atoms with Crippen molar-refractivity contribution in [3.63, 3.8) is 0 Å². The first-order valence-electron chi connectivity index (χ1n) is 9.38. The summed E-state index contributed by atoms with van der Waals surface area (Å²) < 4.78 is 0. The molecular weight excluding hydrogens is 298 g/mol. The maximum Gasteiger partial charge on any atom is 0.190 e. The fourth-order valence-corrected chi connectivity index (χ4v) is 3.21. The molecule has 0 radical (unpaired) electrons. The summed E-state index contributed by atoms with van der Waals surface area (Å²) in [5.74, 6) is 0.886. The Hall–Kier alpha value is -1.62. The van der Waals surface area contributed by atoms with E-state index in [2.05, 4.69) is 38.5 Å². The first-order chi connectivity index (χ1) is 11.8. The lowest BCUT2D eigenvalue weighted by Gasteiger charge is -2.33. The van der Waals surface area contributed by atoms with Gasteiger partial charge in [0.05, 0.1) is 0 Å². The average molecular weight is 332 g/mol. The SMILES string of the molecule is CN=C(NCCCCN1CCCCC1C)NCCc1ccccn1. The monoisotopic (exact) mass is 331 g/mol. The van der Waals surface area contributed by atoms with E-state index in [4.69, 9.17) is 0 Å². The maximum absolute atomic E-state index is 4.33. The number of nitrogens with zero attached hydrogens (tertiary/aromatic N) is 3. The molecule has 1 saturated heterocycles. The Bertz CT molecular complexity index is 474. The highest BCUT2D eigenvalue weighted by molar-refractivity contribution is 5.79. The third-order valence-electron chi connectivity index (χ3n) is 4.73. The summed E-state index contributed by atoms with van der Waals surface area (Å²) in [7, 11) is 1.82. The number of piperidine rings is 1. The predicted octanol–water partition coefficient (Wildman–Crippen LogP) is 2.44. The molecule has 1 atom stereocenters. The van der Waals surface area contributed by atoms with Gasteiger partial charge in [-0.25, -0.2) is 0 Å². The molecule has 2 N–H and O–H groups in total. The van der Waals surface area contributed by atoms with Crippen LogP contribution in [-0.4, -0.2) is 55.1 Å². The molecule has 0 aromatic carbocycles. The van der Waals surface area contributed by atoms with Crippen molar-refractivity contribution in [1.29, 1.82) is 0 Å². The zero-order chi connectivity index (χ0) is 17.0. The number of hydrogen-bond donors (Lipinski definition) is 2. The molecule has 1 aromatic rings. The molecule has 1 aliphatic rings. The fraction of sp³-hybridized carbons (Fsp3) is 0.684. The van der Waals surface area contributed by atoms with E-state index >= 15 is 0 Å². The second kappa shape index (κ2) is 11.0. The third kappa shape index (κ3) is 6.87. The molecule has 5 nitrogen and oxygen atoms in total. The van der Waals surface area contributed by atoms with Crippen molar-refractivity contribution in [3.05, 3.63) is 30.1 Å². The van der Waals surface area contributed by atoms with Crippen molar-refractivity contribution in [2.75, 3.05) is 33.2 Å². The molecular formula is C19H33N5. The summed E-state index contributed by atoms with van der Waals surface area (Å²) in [5, 5.41) is 6.76. The number of likely N-dealkylation sites (tertiary alicyclic amines) is 1. The molecule has 0 bridgehead atoms. The van der Waals surface area contributed by atoms with Crippen molar-refractivity contribution >= 4 is 5.96 Å². The Morgan fingerprint density at radius 1 is 1.25 bits per heavy atom. The smallest absolute Gasteiger partial charge is 0.190 e. The van der Waals surface area contributed by atoms with E-state index < -0.39 is 0 Å². The van der Waals surface area contributed by atoms with Crippen LogP contribution in [-0.2, 0) is 6.42 Å². The van der Waals surface area contributed by atoms with Gasteiger partial charge >= 0.3 is 0 Å². The third-order valence-corrected chi connectivity index (χ3v) is 4.73. The van der Waals surface area contributed by atoms with E-state index in [0.717, 1.165) is 37.2 Å². The molecule has 2 heterocycles. The second-order valence-electron chi connectivity index (χ2n) is 6.58. The minimum absolute atomic E-state index is 0.771. The summed E-state index contributed by atoms with van der Waals surface area (Å²) >= 11 is 0. The number of nitrogens with one attached hydrogen (secondary N) is 2. The standard InChI is InChI=1S/C19H33N5/c1-17-9-4-7-15-24(17)16-8-6-13-22-19(20-2)23-14-11-18-10-3-5-12-21-18/h3,5,10,12,17H,4,6-9,11,13-16H2,1-2H3,(H2,20,22,23). The van der Waals surface area contributed by atoms with Crippen LogP contribution in [0.25, 0.3) is 0 Å². The van der Waals surface area contributed by atoms with Crippen molar-refractivity contribution in [2.45, 2.75) is 51.5 Å². The van der Waals surface area contributed by atoms with Crippen molar-refractivity contribution < 1.29 is 0 Å². The van der Waals surface area contributed by atoms with E-state index in [1.165, 1.54) is 45.2 Å². The number of rotatable bonds is 8. The molecule has 0 amide bonds. The average Bonchev–Trinajstić information content (AvgIpc) is 2.62. The number of unbranched alkanes of at least 4 members (excludes halogenated alkanes) is 1. The fourth-order valence-electron chi connectivity index (χ4n) is 3.21. The molecule has 1 unspecified atom stereocenters. The van der Waals surface area contributed by atoms with Gasteiger partial charge in [0.25, 0.3) is 0 Å². The Balaban J connectivity index is 1.53. The Labute approximate surface area is 147 Å². The van der Waals surface area contributed by atoms with Crippen LogP contribution in [0, 0.1) is 0 Å². The molecule has 24 heavy (non-hydrogen) atoms. The van der Waals surface area contributed by atoms with Gasteiger partial charge in [-0.05, 0) is 57.8 Å². The van der Waals surface area contributed by atoms with Crippen LogP contribution in [0.4, 0.5) is 0 Å². The number of hydrogen-bond acceptors (Lipinski definition) is 3. The Morgan fingerprint density at radius 3 is 2.88 bits per heavy atom. The van der Waals surface area contributed by atoms with Gasteiger partial charge in [0.1, 0.15) is 0 Å². The molecule has 2 rings (SSSR count). The van der Waals surface area contributed by atoms with E-state index in [0.29, 0.717) is 0 Å². The number of guanidine groups is 1. The van der Waals surface area contributed by atoms with Crippen LogP contribution in [0.3, 0.4) is 0 Å². The number of pyridine rings is 1. The first kappa shape index (κ1) is 18.7. The molecule has 5 heteroatoms. The van der Waals surface area contributed by atoms with Gasteiger partial charge in [0.15, 0.2) is 5.96 Å². The molecule has 134 valence electrons. The first-order valence-corrected chi connectivity index (χ1v) is 9.38. The van der Waals surface area contributed by atoms with Gasteiger partial charge in [-0.15, -0.1) is 0 Å². The summed E-state index contributed by atoms with van der Waals surface area (Å²) in [4.78, 5) is 11.3. The van der Waals surface area contributed by atoms with Crippen LogP contribution in [0.1, 0.15) is 44.7 Å². The van der Waals surface area contributed by atoms with Crippen LogP contribution >= 0.6 is 0 Å². The summed E-state index contributed by atoms with van der Waals surface area (Å²) in [5.41, 5.74) is 1.11. The zero-order valence-electron chi connectivity index (χ0n) is 15.3. The topological polar surface area (TPSA) is 52.6 Å². The second-order valence-corrected chi connectivity index (χ2v) is 6.58. The minimum Gasteiger partial charge on any atom is -0.356 e. The van der Waals surface area contributed by atoms with Crippen LogP contribution in [0.15, 0.2) is 29.4 Å². The number of aromatic nitrogens is 1. The molecule has 0 spiro atoms. The molecule has 0 saturated carbocycles. The molecule has 0 aliphatic carbocycles. The van der Waals surface area contributed by atoms with Gasteiger partial charge < -0.3 is 15.5 Å². The van der Waals surface area contributed by atoms with E-state index in [-0.39, 0.29) is 0 Å². The lowest BCUT2D eigenvalue weighted by atomic mass is 10.0. The predicted molar refractivity (Wildman–Crippen MR) is 101 cm³/mol. The van der Waals surface area contributed by atoms with Crippen molar-refractivity contribution in [2.24, 2.45) is 4.99 Å². The largest absolute Gasteiger partial charge is 0.356 e. The summed E-state index contributed by atoms with van der Waals surface area (Å²) in [6.45, 7) is 6.71. The van der Waals surface area contributed by atoms with E-state index in [1.54, 1.807) is 0 Å². The van der Waals surface area contributed by atoms with Gasteiger partial charge in [-0.3, -0.25) is 9.98 Å². The van der Waals surface area contributed by atoms with E-state index in [9.17, 15) is 0 Å². The number of aliphatic imine (C=N–C) groups is 1. The van der Waals surface area contributed by atoms with Gasteiger partial charge in [0.2, 0.25) is 0 Å². The van der Waals surface area contributed by atoms with Crippen molar-refractivity contribution in [3.8, 4) is 0 Å². The highest BCUT2D eigenvalue weighted by atomic mass is 15.2. The lowest BCUT2D eigenvalue weighted by Crippen LogP contribution is -2.40. The van der Waals surface area contributed by atoms with Crippen LogP contribution in [0.5, 0.6) is 0 Å². The normalized spacial score (nSPS) is 19.2. The van der Waals surface area contributed by atoms with Gasteiger partial charge in [-0.2, -0.15) is 0 Å².